The quantitative estimate of drug-likeness (QED) is 0.653. The maximum absolute atomic E-state index is 13.3. The molecule has 21 heavy (non-hydrogen) atoms. The Morgan fingerprint density at radius 3 is 2.29 bits per heavy atom. The molecule has 112 valence electrons. The molecular formula is C15H14F4N2. The van der Waals surface area contributed by atoms with Gasteiger partial charge in [0.05, 0.1) is 16.9 Å². The highest BCUT2D eigenvalue weighted by atomic mass is 19.4. The third-order valence-electron chi connectivity index (χ3n) is 3.10. The highest BCUT2D eigenvalue weighted by molar-refractivity contribution is 5.67. The lowest BCUT2D eigenvalue weighted by Gasteiger charge is -2.12. The van der Waals surface area contributed by atoms with Gasteiger partial charge in [0.25, 0.3) is 0 Å². The first-order valence-corrected chi connectivity index (χ1v) is 6.23. The second-order valence-electron chi connectivity index (χ2n) is 4.74. The topological polar surface area (TPSA) is 38.0 Å². The normalized spacial score (nSPS) is 11.5. The van der Waals surface area contributed by atoms with Crippen LogP contribution in [-0.2, 0) is 12.7 Å². The van der Waals surface area contributed by atoms with E-state index in [4.69, 9.17) is 5.73 Å². The SMILES string of the molecule is Cc1cc(NCc2ccc(C(F)(F)F)cc2)c(N)cc1F. The zero-order chi connectivity index (χ0) is 15.6. The molecule has 3 N–H and O–H groups in total. The van der Waals surface area contributed by atoms with Crippen LogP contribution in [0.3, 0.4) is 0 Å². The third-order valence-corrected chi connectivity index (χ3v) is 3.10. The molecule has 0 atom stereocenters. The number of nitrogens with one attached hydrogen (secondary N) is 1. The van der Waals surface area contributed by atoms with Gasteiger partial charge < -0.3 is 11.1 Å². The summed E-state index contributed by atoms with van der Waals surface area (Å²) in [6, 6.07) is 7.61. The van der Waals surface area contributed by atoms with E-state index < -0.39 is 17.6 Å². The van der Waals surface area contributed by atoms with Gasteiger partial charge in [0.2, 0.25) is 0 Å². The van der Waals surface area contributed by atoms with Crippen LogP contribution in [0.15, 0.2) is 36.4 Å². The second kappa shape index (κ2) is 5.63. The van der Waals surface area contributed by atoms with E-state index in [-0.39, 0.29) is 5.69 Å². The lowest BCUT2D eigenvalue weighted by molar-refractivity contribution is -0.137. The number of nitrogen functional groups attached to an aromatic ring is 1. The zero-order valence-electron chi connectivity index (χ0n) is 11.3. The Labute approximate surface area is 119 Å². The average molecular weight is 298 g/mol. The fraction of sp³-hybridized carbons (Fsp3) is 0.200. The Balaban J connectivity index is 2.08. The Kier molecular flexibility index (Phi) is 4.06. The molecule has 0 aromatic heterocycles. The number of alkyl halides is 3. The first kappa shape index (κ1) is 15.2. The summed E-state index contributed by atoms with van der Waals surface area (Å²) in [6.45, 7) is 1.91. The molecule has 0 aliphatic heterocycles. The predicted octanol–water partition coefficient (Wildman–Crippen LogP) is 4.35. The summed E-state index contributed by atoms with van der Waals surface area (Å²) < 4.78 is 50.6. The summed E-state index contributed by atoms with van der Waals surface area (Å²) in [5, 5.41) is 2.98. The number of nitrogens with two attached hydrogens (primary N) is 1. The fourth-order valence-electron chi connectivity index (χ4n) is 1.86. The van der Waals surface area contributed by atoms with Crippen LogP contribution in [0.25, 0.3) is 0 Å². The van der Waals surface area contributed by atoms with E-state index in [1.807, 2.05) is 0 Å². The minimum Gasteiger partial charge on any atom is -0.397 e. The van der Waals surface area contributed by atoms with Crippen LogP contribution in [-0.4, -0.2) is 0 Å². The number of aryl methyl sites for hydroxylation is 1. The Hall–Kier alpha value is -2.24. The zero-order valence-corrected chi connectivity index (χ0v) is 11.3. The summed E-state index contributed by atoms with van der Waals surface area (Å²) in [5.74, 6) is -0.396. The van der Waals surface area contributed by atoms with Gasteiger partial charge in [0, 0.05) is 6.54 Å². The lowest BCUT2D eigenvalue weighted by Crippen LogP contribution is -2.06. The summed E-state index contributed by atoms with van der Waals surface area (Å²) in [4.78, 5) is 0. The molecule has 0 aliphatic rings. The third kappa shape index (κ3) is 3.65. The van der Waals surface area contributed by atoms with E-state index in [2.05, 4.69) is 5.32 Å². The van der Waals surface area contributed by atoms with Crippen LogP contribution in [0.1, 0.15) is 16.7 Å². The number of halogens is 4. The Morgan fingerprint density at radius 1 is 1.10 bits per heavy atom. The van der Waals surface area contributed by atoms with Crippen LogP contribution in [0.4, 0.5) is 28.9 Å². The molecule has 0 saturated heterocycles. The van der Waals surface area contributed by atoms with E-state index in [1.54, 1.807) is 13.0 Å². The van der Waals surface area contributed by atoms with Crippen LogP contribution >= 0.6 is 0 Å². The van der Waals surface area contributed by atoms with Crippen molar-refractivity contribution in [2.75, 3.05) is 11.1 Å². The first-order chi connectivity index (χ1) is 9.77. The van der Waals surface area contributed by atoms with Crippen LogP contribution in [0.5, 0.6) is 0 Å². The molecule has 0 amide bonds. The maximum Gasteiger partial charge on any atom is 0.416 e. The number of rotatable bonds is 3. The van der Waals surface area contributed by atoms with Crippen molar-refractivity contribution >= 4 is 11.4 Å². The molecule has 0 heterocycles. The summed E-state index contributed by atoms with van der Waals surface area (Å²) in [6.07, 6.45) is -4.34. The smallest absolute Gasteiger partial charge is 0.397 e. The van der Waals surface area contributed by atoms with Crippen molar-refractivity contribution in [2.24, 2.45) is 0 Å². The van der Waals surface area contributed by atoms with E-state index in [1.165, 1.54) is 18.2 Å². The molecule has 0 spiro atoms. The van der Waals surface area contributed by atoms with E-state index in [0.717, 1.165) is 12.1 Å². The molecule has 0 fully saturated rings. The van der Waals surface area contributed by atoms with Crippen LogP contribution in [0, 0.1) is 12.7 Å². The van der Waals surface area contributed by atoms with Gasteiger partial charge in [-0.1, -0.05) is 12.1 Å². The molecule has 2 aromatic rings. The Bertz CT molecular complexity index is 633. The van der Waals surface area contributed by atoms with E-state index in [0.29, 0.717) is 23.4 Å². The average Bonchev–Trinajstić information content (AvgIpc) is 2.41. The molecule has 2 aromatic carbocycles. The highest BCUT2D eigenvalue weighted by Crippen LogP contribution is 2.29. The number of benzene rings is 2. The van der Waals surface area contributed by atoms with Crippen molar-refractivity contribution in [3.8, 4) is 0 Å². The van der Waals surface area contributed by atoms with Crippen molar-refractivity contribution in [3.05, 3.63) is 58.9 Å². The minimum atomic E-state index is -4.34. The maximum atomic E-state index is 13.3. The molecule has 0 radical (unpaired) electrons. The number of hydrogen-bond acceptors (Lipinski definition) is 2. The largest absolute Gasteiger partial charge is 0.416 e. The minimum absolute atomic E-state index is 0.255. The van der Waals surface area contributed by atoms with Gasteiger partial charge in [0.1, 0.15) is 5.82 Å². The van der Waals surface area contributed by atoms with Gasteiger partial charge in [-0.3, -0.25) is 0 Å². The predicted molar refractivity (Wildman–Crippen MR) is 74.3 cm³/mol. The van der Waals surface area contributed by atoms with Gasteiger partial charge in [-0.25, -0.2) is 4.39 Å². The summed E-state index contributed by atoms with van der Waals surface area (Å²) in [7, 11) is 0. The van der Waals surface area contributed by atoms with Gasteiger partial charge in [-0.15, -0.1) is 0 Å². The lowest BCUT2D eigenvalue weighted by atomic mass is 10.1. The molecule has 0 aliphatic carbocycles. The van der Waals surface area contributed by atoms with Crippen molar-refractivity contribution in [2.45, 2.75) is 19.6 Å². The summed E-state index contributed by atoms with van der Waals surface area (Å²) in [5.41, 5.74) is 6.91. The summed E-state index contributed by atoms with van der Waals surface area (Å²) >= 11 is 0. The van der Waals surface area contributed by atoms with Crippen molar-refractivity contribution in [1.29, 1.82) is 0 Å². The Morgan fingerprint density at radius 2 is 1.71 bits per heavy atom. The molecule has 6 heteroatoms. The molecule has 0 bridgehead atoms. The van der Waals surface area contributed by atoms with Gasteiger partial charge >= 0.3 is 6.18 Å². The number of anilines is 2. The second-order valence-corrected chi connectivity index (χ2v) is 4.74. The molecule has 2 rings (SSSR count). The molecule has 0 saturated carbocycles. The standard InChI is InChI=1S/C15H14F4N2/c1-9-6-14(13(20)7-12(9)16)21-8-10-2-4-11(5-3-10)15(17,18)19/h2-7,21H,8,20H2,1H3. The van der Waals surface area contributed by atoms with Crippen molar-refractivity contribution in [3.63, 3.8) is 0 Å². The molecule has 0 unspecified atom stereocenters. The van der Waals surface area contributed by atoms with Crippen LogP contribution < -0.4 is 11.1 Å². The van der Waals surface area contributed by atoms with E-state index in [9.17, 15) is 17.6 Å². The highest BCUT2D eigenvalue weighted by Gasteiger charge is 2.29. The molecule has 2 nitrogen and oxygen atoms in total. The van der Waals surface area contributed by atoms with E-state index >= 15 is 0 Å². The molecular weight excluding hydrogens is 284 g/mol. The van der Waals surface area contributed by atoms with Crippen molar-refractivity contribution < 1.29 is 17.6 Å². The van der Waals surface area contributed by atoms with Gasteiger partial charge in [0.15, 0.2) is 0 Å². The monoisotopic (exact) mass is 298 g/mol. The fourth-order valence-corrected chi connectivity index (χ4v) is 1.86. The first-order valence-electron chi connectivity index (χ1n) is 6.23. The van der Waals surface area contributed by atoms with Gasteiger partial charge in [-0.2, -0.15) is 13.2 Å². The van der Waals surface area contributed by atoms with Crippen molar-refractivity contribution in [1.82, 2.24) is 0 Å². The van der Waals surface area contributed by atoms with Gasteiger partial charge in [-0.05, 0) is 42.3 Å². The number of hydrogen-bond donors (Lipinski definition) is 2. The van der Waals surface area contributed by atoms with Crippen LogP contribution in [0.2, 0.25) is 0 Å².